The van der Waals surface area contributed by atoms with Crippen molar-refractivity contribution in [1.82, 2.24) is 5.32 Å². The molecule has 0 bridgehead atoms. The largest absolute Gasteiger partial charge is 0.465 e. The molecule has 1 atom stereocenters. The average Bonchev–Trinajstić information content (AvgIpc) is 2.74. The molecule has 102 valence electrons. The van der Waals surface area contributed by atoms with Crippen LogP contribution in [0.5, 0.6) is 0 Å². The van der Waals surface area contributed by atoms with Crippen molar-refractivity contribution < 1.29 is 9.53 Å². The van der Waals surface area contributed by atoms with Crippen LogP contribution in [-0.4, -0.2) is 25.2 Å². The van der Waals surface area contributed by atoms with Crippen LogP contribution in [0.1, 0.15) is 31.6 Å². The van der Waals surface area contributed by atoms with Crippen LogP contribution in [0, 0.1) is 0 Å². The van der Waals surface area contributed by atoms with E-state index in [9.17, 15) is 4.79 Å². The second-order valence-electron chi connectivity index (χ2n) is 4.00. The van der Waals surface area contributed by atoms with Crippen LogP contribution in [-0.2, 0) is 16.0 Å². The first kappa shape index (κ1) is 15.7. The molecular formula is C13H20BrNO2S. The molecule has 0 aliphatic carbocycles. The van der Waals surface area contributed by atoms with Crippen LogP contribution in [0.2, 0.25) is 0 Å². The standard InChI is InChI=1S/C13H20BrNO2S/c1-3-5-11(13(16)17-4-2)15-9-8-10-6-7-12(14)18-10/h6-7,11,15H,3-5,8-9H2,1-2H3. The van der Waals surface area contributed by atoms with E-state index >= 15 is 0 Å². The van der Waals surface area contributed by atoms with Crippen molar-refractivity contribution in [2.24, 2.45) is 0 Å². The maximum Gasteiger partial charge on any atom is 0.323 e. The van der Waals surface area contributed by atoms with Gasteiger partial charge in [-0.05, 0) is 47.8 Å². The van der Waals surface area contributed by atoms with E-state index in [2.05, 4.69) is 40.3 Å². The van der Waals surface area contributed by atoms with E-state index in [-0.39, 0.29) is 12.0 Å². The summed E-state index contributed by atoms with van der Waals surface area (Å²) in [5.41, 5.74) is 0. The number of hydrogen-bond acceptors (Lipinski definition) is 4. The predicted molar refractivity (Wildman–Crippen MR) is 79.1 cm³/mol. The van der Waals surface area contributed by atoms with Gasteiger partial charge >= 0.3 is 5.97 Å². The van der Waals surface area contributed by atoms with E-state index in [1.54, 1.807) is 11.3 Å². The van der Waals surface area contributed by atoms with E-state index in [0.717, 1.165) is 29.6 Å². The van der Waals surface area contributed by atoms with Gasteiger partial charge < -0.3 is 10.1 Å². The highest BCUT2D eigenvalue weighted by Gasteiger charge is 2.17. The van der Waals surface area contributed by atoms with Crippen molar-refractivity contribution >= 4 is 33.2 Å². The first-order chi connectivity index (χ1) is 8.67. The minimum atomic E-state index is -0.168. The highest BCUT2D eigenvalue weighted by Crippen LogP contribution is 2.22. The van der Waals surface area contributed by atoms with Gasteiger partial charge in [-0.2, -0.15) is 0 Å². The van der Waals surface area contributed by atoms with Gasteiger partial charge in [-0.3, -0.25) is 4.79 Å². The quantitative estimate of drug-likeness (QED) is 0.741. The van der Waals surface area contributed by atoms with Crippen molar-refractivity contribution in [1.29, 1.82) is 0 Å². The van der Waals surface area contributed by atoms with E-state index in [1.165, 1.54) is 4.88 Å². The highest BCUT2D eigenvalue weighted by molar-refractivity contribution is 9.11. The molecule has 0 aromatic carbocycles. The van der Waals surface area contributed by atoms with Gasteiger partial charge in [0.2, 0.25) is 0 Å². The Morgan fingerprint density at radius 1 is 1.50 bits per heavy atom. The Morgan fingerprint density at radius 2 is 2.28 bits per heavy atom. The van der Waals surface area contributed by atoms with Gasteiger partial charge in [-0.25, -0.2) is 0 Å². The second-order valence-corrected chi connectivity index (χ2v) is 6.55. The number of halogens is 1. The number of ether oxygens (including phenoxy) is 1. The third-order valence-corrected chi connectivity index (χ3v) is 4.22. The first-order valence-electron chi connectivity index (χ1n) is 6.31. The Bertz CT molecular complexity index is 368. The number of nitrogens with one attached hydrogen (secondary N) is 1. The monoisotopic (exact) mass is 333 g/mol. The third kappa shape index (κ3) is 5.50. The molecule has 1 heterocycles. The molecule has 0 amide bonds. The molecule has 0 saturated heterocycles. The number of rotatable bonds is 8. The van der Waals surface area contributed by atoms with Crippen LogP contribution in [0.25, 0.3) is 0 Å². The van der Waals surface area contributed by atoms with Gasteiger partial charge in [-0.1, -0.05) is 13.3 Å². The van der Waals surface area contributed by atoms with Gasteiger partial charge in [0.15, 0.2) is 0 Å². The van der Waals surface area contributed by atoms with Crippen molar-refractivity contribution in [3.8, 4) is 0 Å². The van der Waals surface area contributed by atoms with Crippen LogP contribution in [0.15, 0.2) is 15.9 Å². The average molecular weight is 334 g/mol. The normalized spacial score (nSPS) is 12.4. The summed E-state index contributed by atoms with van der Waals surface area (Å²) >= 11 is 5.18. The fourth-order valence-corrected chi connectivity index (χ4v) is 3.17. The van der Waals surface area contributed by atoms with E-state index in [0.29, 0.717) is 6.61 Å². The maximum atomic E-state index is 11.7. The van der Waals surface area contributed by atoms with Crippen molar-refractivity contribution in [3.63, 3.8) is 0 Å². The highest BCUT2D eigenvalue weighted by atomic mass is 79.9. The van der Waals surface area contributed by atoms with Crippen molar-refractivity contribution in [2.75, 3.05) is 13.2 Å². The zero-order chi connectivity index (χ0) is 13.4. The molecule has 1 aromatic heterocycles. The SMILES string of the molecule is CCCC(NCCc1ccc(Br)s1)C(=O)OCC. The molecule has 3 nitrogen and oxygen atoms in total. The fourth-order valence-electron chi connectivity index (χ4n) is 1.69. The lowest BCUT2D eigenvalue weighted by Gasteiger charge is -2.16. The molecule has 1 N–H and O–H groups in total. The van der Waals surface area contributed by atoms with Crippen LogP contribution in [0.3, 0.4) is 0 Å². The Hall–Kier alpha value is -0.390. The second kappa shape index (κ2) is 8.67. The lowest BCUT2D eigenvalue weighted by atomic mass is 10.1. The molecule has 5 heteroatoms. The zero-order valence-corrected chi connectivity index (χ0v) is 13.3. The molecule has 0 aliphatic rings. The smallest absolute Gasteiger partial charge is 0.323 e. The van der Waals surface area contributed by atoms with Gasteiger partial charge in [0.1, 0.15) is 6.04 Å². The summed E-state index contributed by atoms with van der Waals surface area (Å²) in [6, 6.07) is 3.99. The maximum absolute atomic E-state index is 11.7. The topological polar surface area (TPSA) is 38.3 Å². The summed E-state index contributed by atoms with van der Waals surface area (Å²) in [5, 5.41) is 3.28. The van der Waals surface area contributed by atoms with Gasteiger partial charge in [0, 0.05) is 11.4 Å². The molecule has 18 heavy (non-hydrogen) atoms. The molecule has 1 aromatic rings. The van der Waals surface area contributed by atoms with Crippen molar-refractivity contribution in [3.05, 3.63) is 20.8 Å². The van der Waals surface area contributed by atoms with E-state index in [1.807, 2.05) is 6.92 Å². The predicted octanol–water partition coefficient (Wildman–Crippen LogP) is 3.37. The molecule has 1 rings (SSSR count). The molecule has 0 spiro atoms. The Labute approximate surface area is 121 Å². The van der Waals surface area contributed by atoms with E-state index in [4.69, 9.17) is 4.74 Å². The molecule has 1 unspecified atom stereocenters. The summed E-state index contributed by atoms with van der Waals surface area (Å²) in [6.45, 7) is 5.16. The van der Waals surface area contributed by atoms with Gasteiger partial charge in [0.25, 0.3) is 0 Å². The lowest BCUT2D eigenvalue weighted by molar-refractivity contribution is -0.145. The molecule has 0 fully saturated rings. The molecular weight excluding hydrogens is 314 g/mol. The molecule has 0 aliphatic heterocycles. The van der Waals surface area contributed by atoms with Crippen LogP contribution < -0.4 is 5.32 Å². The summed E-state index contributed by atoms with van der Waals surface area (Å²) in [4.78, 5) is 13.0. The molecule has 0 radical (unpaired) electrons. The number of hydrogen-bond donors (Lipinski definition) is 1. The third-order valence-electron chi connectivity index (χ3n) is 2.54. The zero-order valence-electron chi connectivity index (χ0n) is 10.9. The number of carbonyl (C=O) groups excluding carboxylic acids is 1. The van der Waals surface area contributed by atoms with Crippen LogP contribution in [0.4, 0.5) is 0 Å². The van der Waals surface area contributed by atoms with Gasteiger partial charge in [-0.15, -0.1) is 11.3 Å². The first-order valence-corrected chi connectivity index (χ1v) is 7.92. The minimum absolute atomic E-state index is 0.133. The van der Waals surface area contributed by atoms with E-state index < -0.39 is 0 Å². The lowest BCUT2D eigenvalue weighted by Crippen LogP contribution is -2.39. The number of carbonyl (C=O) groups is 1. The Balaban J connectivity index is 2.35. The van der Waals surface area contributed by atoms with Crippen molar-refractivity contribution in [2.45, 2.75) is 39.2 Å². The summed E-state index contributed by atoms with van der Waals surface area (Å²) in [6.07, 6.45) is 2.74. The Morgan fingerprint density at radius 3 is 2.83 bits per heavy atom. The van der Waals surface area contributed by atoms with Gasteiger partial charge in [0.05, 0.1) is 10.4 Å². The summed E-state index contributed by atoms with van der Waals surface area (Å²) < 4.78 is 6.20. The Kier molecular flexibility index (Phi) is 7.54. The summed E-state index contributed by atoms with van der Waals surface area (Å²) in [7, 11) is 0. The molecule has 0 saturated carbocycles. The number of esters is 1. The summed E-state index contributed by atoms with van der Waals surface area (Å²) in [5.74, 6) is -0.133. The van der Waals surface area contributed by atoms with Crippen LogP contribution >= 0.6 is 27.3 Å². The fraction of sp³-hybridized carbons (Fsp3) is 0.615. The minimum Gasteiger partial charge on any atom is -0.465 e. The number of thiophene rings is 1.